The van der Waals surface area contributed by atoms with Gasteiger partial charge in [0.1, 0.15) is 11.6 Å². The molecule has 0 unspecified atom stereocenters. The lowest BCUT2D eigenvalue weighted by molar-refractivity contribution is 1.04. The first-order valence-corrected chi connectivity index (χ1v) is 6.66. The van der Waals surface area contributed by atoms with Gasteiger partial charge in [-0.15, -0.1) is 0 Å². The Kier molecular flexibility index (Phi) is 3.51. The maximum atomic E-state index is 4.45. The molecule has 3 rings (SSSR count). The average molecular weight is 280 g/mol. The number of aromatic nitrogens is 4. The second-order valence-corrected chi connectivity index (χ2v) is 4.76. The first-order valence-electron chi connectivity index (χ1n) is 6.66. The molecule has 106 valence electrons. The number of nitrogens with zero attached hydrogens (tertiary/aromatic N) is 3. The van der Waals surface area contributed by atoms with Gasteiger partial charge in [0, 0.05) is 23.5 Å². The van der Waals surface area contributed by atoms with E-state index in [1.165, 1.54) is 0 Å². The van der Waals surface area contributed by atoms with Crippen LogP contribution in [0.3, 0.4) is 0 Å². The summed E-state index contributed by atoms with van der Waals surface area (Å²) >= 11 is 0. The Morgan fingerprint density at radius 3 is 2.43 bits per heavy atom. The number of benzene rings is 1. The van der Waals surface area contributed by atoms with E-state index in [2.05, 4.69) is 30.8 Å². The van der Waals surface area contributed by atoms with E-state index in [1.54, 1.807) is 0 Å². The zero-order chi connectivity index (χ0) is 14.7. The van der Waals surface area contributed by atoms with Crippen molar-refractivity contribution in [3.8, 4) is 0 Å². The molecule has 1 aromatic carbocycles. The summed E-state index contributed by atoms with van der Waals surface area (Å²) in [6.07, 6.45) is 0. The van der Waals surface area contributed by atoms with Crippen molar-refractivity contribution in [1.29, 1.82) is 0 Å². The summed E-state index contributed by atoms with van der Waals surface area (Å²) in [6.45, 7) is 3.86. The molecule has 6 heteroatoms. The Bertz CT molecular complexity index is 735. The third kappa shape index (κ3) is 3.36. The lowest BCUT2D eigenvalue weighted by Crippen LogP contribution is -2.02. The maximum absolute atomic E-state index is 4.45. The molecule has 0 aliphatic rings. The zero-order valence-corrected chi connectivity index (χ0v) is 11.9. The second kappa shape index (κ2) is 5.62. The van der Waals surface area contributed by atoms with Crippen molar-refractivity contribution in [2.45, 2.75) is 13.8 Å². The Morgan fingerprint density at radius 1 is 0.905 bits per heavy atom. The number of nitrogens with one attached hydrogen (secondary N) is 3. The molecule has 0 radical (unpaired) electrons. The molecule has 0 aliphatic heterocycles. The van der Waals surface area contributed by atoms with Crippen molar-refractivity contribution in [3.63, 3.8) is 0 Å². The van der Waals surface area contributed by atoms with E-state index in [4.69, 9.17) is 0 Å². The molecule has 0 bridgehead atoms. The SMILES string of the molecule is Cc1cc(Nc2cc(C)nc(Nc3ccccc3)n2)[nH]n1. The smallest absolute Gasteiger partial charge is 0.229 e. The monoisotopic (exact) mass is 280 g/mol. The summed E-state index contributed by atoms with van der Waals surface area (Å²) in [5.41, 5.74) is 2.75. The lowest BCUT2D eigenvalue weighted by atomic mass is 10.3. The molecule has 6 nitrogen and oxygen atoms in total. The summed E-state index contributed by atoms with van der Waals surface area (Å²) in [6, 6.07) is 13.6. The first-order chi connectivity index (χ1) is 10.2. The highest BCUT2D eigenvalue weighted by Crippen LogP contribution is 2.18. The van der Waals surface area contributed by atoms with Gasteiger partial charge in [0.25, 0.3) is 0 Å². The van der Waals surface area contributed by atoms with Crippen LogP contribution in [0.25, 0.3) is 0 Å². The molecule has 0 spiro atoms. The standard InChI is InChI=1S/C15H16N6/c1-10-8-13(18-14-9-11(2)20-21-14)19-15(16-10)17-12-6-4-3-5-7-12/h3-9H,1-2H3,(H3,16,17,18,19,20,21). The molecule has 2 heterocycles. The van der Waals surface area contributed by atoms with E-state index in [9.17, 15) is 0 Å². The van der Waals surface area contributed by atoms with Crippen molar-refractivity contribution >= 4 is 23.3 Å². The number of aryl methyl sites for hydroxylation is 2. The van der Waals surface area contributed by atoms with Crippen molar-refractivity contribution in [2.24, 2.45) is 0 Å². The van der Waals surface area contributed by atoms with E-state index in [0.717, 1.165) is 22.9 Å². The second-order valence-electron chi connectivity index (χ2n) is 4.76. The van der Waals surface area contributed by atoms with Gasteiger partial charge < -0.3 is 10.6 Å². The number of anilines is 4. The van der Waals surface area contributed by atoms with Gasteiger partial charge >= 0.3 is 0 Å². The molecule has 0 amide bonds. The quantitative estimate of drug-likeness (QED) is 0.683. The summed E-state index contributed by atoms with van der Waals surface area (Å²) in [5.74, 6) is 2.07. The minimum atomic E-state index is 0.555. The largest absolute Gasteiger partial charge is 0.325 e. The molecule has 0 aliphatic carbocycles. The summed E-state index contributed by atoms with van der Waals surface area (Å²) in [4.78, 5) is 8.84. The highest BCUT2D eigenvalue weighted by Gasteiger charge is 2.04. The molecule has 0 saturated heterocycles. The van der Waals surface area contributed by atoms with Crippen LogP contribution in [-0.2, 0) is 0 Å². The van der Waals surface area contributed by atoms with Crippen LogP contribution in [0.5, 0.6) is 0 Å². The van der Waals surface area contributed by atoms with Gasteiger partial charge in [-0.25, -0.2) is 4.98 Å². The Hall–Kier alpha value is -2.89. The maximum Gasteiger partial charge on any atom is 0.229 e. The van der Waals surface area contributed by atoms with Crippen LogP contribution in [0.4, 0.5) is 23.3 Å². The van der Waals surface area contributed by atoms with Crippen LogP contribution in [0.1, 0.15) is 11.4 Å². The Balaban J connectivity index is 1.82. The van der Waals surface area contributed by atoms with Crippen molar-refractivity contribution in [2.75, 3.05) is 10.6 Å². The summed E-state index contributed by atoms with van der Waals surface area (Å²) in [7, 11) is 0. The molecule has 0 saturated carbocycles. The minimum absolute atomic E-state index is 0.555. The molecular formula is C15H16N6. The van der Waals surface area contributed by atoms with Gasteiger partial charge in [-0.1, -0.05) is 18.2 Å². The van der Waals surface area contributed by atoms with Crippen LogP contribution < -0.4 is 10.6 Å². The molecular weight excluding hydrogens is 264 g/mol. The van der Waals surface area contributed by atoms with Crippen LogP contribution in [0.15, 0.2) is 42.5 Å². The highest BCUT2D eigenvalue weighted by atomic mass is 15.2. The number of aromatic amines is 1. The van der Waals surface area contributed by atoms with Crippen LogP contribution in [-0.4, -0.2) is 20.2 Å². The molecule has 0 atom stereocenters. The van der Waals surface area contributed by atoms with Crippen molar-refractivity contribution in [3.05, 3.63) is 53.9 Å². The van der Waals surface area contributed by atoms with Crippen molar-refractivity contribution in [1.82, 2.24) is 20.2 Å². The number of hydrogen-bond acceptors (Lipinski definition) is 5. The molecule has 2 aromatic heterocycles. The predicted molar refractivity (Wildman–Crippen MR) is 83.1 cm³/mol. The Labute approximate surface area is 122 Å². The number of para-hydroxylation sites is 1. The third-order valence-corrected chi connectivity index (χ3v) is 2.85. The number of H-pyrrole nitrogens is 1. The molecule has 21 heavy (non-hydrogen) atoms. The fourth-order valence-corrected chi connectivity index (χ4v) is 1.96. The lowest BCUT2D eigenvalue weighted by Gasteiger charge is -2.08. The Morgan fingerprint density at radius 2 is 1.71 bits per heavy atom. The minimum Gasteiger partial charge on any atom is -0.325 e. The van der Waals surface area contributed by atoms with Crippen molar-refractivity contribution < 1.29 is 0 Å². The van der Waals surface area contributed by atoms with E-state index >= 15 is 0 Å². The zero-order valence-electron chi connectivity index (χ0n) is 11.9. The van der Waals surface area contributed by atoms with Gasteiger partial charge in [-0.2, -0.15) is 10.1 Å². The number of rotatable bonds is 4. The van der Waals surface area contributed by atoms with Gasteiger partial charge in [0.2, 0.25) is 5.95 Å². The fraction of sp³-hybridized carbons (Fsp3) is 0.133. The number of hydrogen-bond donors (Lipinski definition) is 3. The summed E-state index contributed by atoms with van der Waals surface area (Å²) < 4.78 is 0. The van der Waals surface area contributed by atoms with Gasteiger partial charge in [-0.05, 0) is 26.0 Å². The molecule has 0 fully saturated rings. The highest BCUT2D eigenvalue weighted by molar-refractivity contribution is 5.58. The van der Waals surface area contributed by atoms with E-state index in [0.29, 0.717) is 11.8 Å². The third-order valence-electron chi connectivity index (χ3n) is 2.85. The van der Waals surface area contributed by atoms with Crippen LogP contribution in [0, 0.1) is 13.8 Å². The molecule has 3 aromatic rings. The van der Waals surface area contributed by atoms with Crippen LogP contribution in [0.2, 0.25) is 0 Å². The van der Waals surface area contributed by atoms with Crippen LogP contribution >= 0.6 is 0 Å². The average Bonchev–Trinajstić information content (AvgIpc) is 2.84. The predicted octanol–water partition coefficient (Wildman–Crippen LogP) is 3.30. The van der Waals surface area contributed by atoms with E-state index in [-0.39, 0.29) is 0 Å². The summed E-state index contributed by atoms with van der Waals surface area (Å²) in [5, 5.41) is 13.4. The molecule has 3 N–H and O–H groups in total. The van der Waals surface area contributed by atoms with Gasteiger partial charge in [0.05, 0.1) is 5.69 Å². The fourth-order valence-electron chi connectivity index (χ4n) is 1.96. The normalized spacial score (nSPS) is 10.4. The van der Waals surface area contributed by atoms with E-state index in [1.807, 2.05) is 56.3 Å². The topological polar surface area (TPSA) is 78.5 Å². The van der Waals surface area contributed by atoms with Gasteiger partial charge in [0.15, 0.2) is 0 Å². The van der Waals surface area contributed by atoms with Gasteiger partial charge in [-0.3, -0.25) is 5.10 Å². The first kappa shape index (κ1) is 13.1. The van der Waals surface area contributed by atoms with E-state index < -0.39 is 0 Å².